The number of anilines is 2. The molecule has 1 heterocycles. The lowest BCUT2D eigenvalue weighted by Crippen LogP contribution is -2.30. The quantitative estimate of drug-likeness (QED) is 0.816. The maximum absolute atomic E-state index is 4.69. The van der Waals surface area contributed by atoms with Gasteiger partial charge in [0.2, 0.25) is 0 Å². The first-order chi connectivity index (χ1) is 8.99. The van der Waals surface area contributed by atoms with Gasteiger partial charge in [-0.05, 0) is 20.3 Å². The molecule has 0 aliphatic carbocycles. The fourth-order valence-corrected chi connectivity index (χ4v) is 2.00. The van der Waals surface area contributed by atoms with E-state index in [9.17, 15) is 0 Å². The van der Waals surface area contributed by atoms with Gasteiger partial charge in [0.15, 0.2) is 0 Å². The molecule has 0 fully saturated rings. The fraction of sp³-hybridized carbons (Fsp3) is 0.733. The summed E-state index contributed by atoms with van der Waals surface area (Å²) < 4.78 is 0. The van der Waals surface area contributed by atoms with Gasteiger partial charge in [0.1, 0.15) is 17.5 Å². The van der Waals surface area contributed by atoms with Crippen molar-refractivity contribution in [2.75, 3.05) is 23.8 Å². The van der Waals surface area contributed by atoms with Gasteiger partial charge in [-0.1, -0.05) is 27.2 Å². The number of hydrogen-bond donors (Lipinski definition) is 1. The molecule has 4 nitrogen and oxygen atoms in total. The second-order valence-electron chi connectivity index (χ2n) is 5.40. The molecule has 0 aromatic carbocycles. The Hall–Kier alpha value is -1.32. The highest BCUT2D eigenvalue weighted by molar-refractivity contribution is 5.49. The van der Waals surface area contributed by atoms with Crippen molar-refractivity contribution in [2.24, 2.45) is 0 Å². The highest BCUT2D eigenvalue weighted by Gasteiger charge is 2.14. The molecule has 19 heavy (non-hydrogen) atoms. The molecule has 0 bridgehead atoms. The van der Waals surface area contributed by atoms with E-state index in [-0.39, 0.29) is 0 Å². The Morgan fingerprint density at radius 2 is 1.89 bits per heavy atom. The molecule has 1 N–H and O–H groups in total. The summed E-state index contributed by atoms with van der Waals surface area (Å²) in [5.41, 5.74) is 0. The molecule has 0 spiro atoms. The van der Waals surface area contributed by atoms with Crippen LogP contribution >= 0.6 is 0 Å². The summed E-state index contributed by atoms with van der Waals surface area (Å²) in [5.74, 6) is 3.18. The van der Waals surface area contributed by atoms with Crippen LogP contribution in [0, 0.1) is 0 Å². The predicted octanol–water partition coefficient (Wildman–Crippen LogP) is 3.66. The molecule has 0 aliphatic rings. The van der Waals surface area contributed by atoms with E-state index >= 15 is 0 Å². The Morgan fingerprint density at radius 1 is 1.21 bits per heavy atom. The van der Waals surface area contributed by atoms with Gasteiger partial charge < -0.3 is 10.2 Å². The second-order valence-corrected chi connectivity index (χ2v) is 5.40. The van der Waals surface area contributed by atoms with Crippen LogP contribution in [-0.2, 0) is 0 Å². The molecule has 0 saturated carbocycles. The van der Waals surface area contributed by atoms with Crippen molar-refractivity contribution in [3.05, 3.63) is 11.9 Å². The molecule has 1 atom stereocenters. The molecule has 1 rings (SSSR count). The summed E-state index contributed by atoms with van der Waals surface area (Å²) in [6.07, 6.45) is 2.36. The lowest BCUT2D eigenvalue weighted by atomic mass is 10.1. The van der Waals surface area contributed by atoms with Crippen LogP contribution in [0.3, 0.4) is 0 Å². The Kier molecular flexibility index (Phi) is 6.06. The minimum Gasteiger partial charge on any atom is -0.370 e. The average Bonchev–Trinajstić information content (AvgIpc) is 2.38. The summed E-state index contributed by atoms with van der Waals surface area (Å²) in [6.45, 7) is 11.7. The zero-order chi connectivity index (χ0) is 14.4. The first-order valence-electron chi connectivity index (χ1n) is 7.35. The van der Waals surface area contributed by atoms with Gasteiger partial charge in [-0.15, -0.1) is 0 Å². The summed E-state index contributed by atoms with van der Waals surface area (Å²) >= 11 is 0. The van der Waals surface area contributed by atoms with E-state index in [1.54, 1.807) is 0 Å². The SMILES string of the molecule is CCCC(C)N(C)c1cc(NCC)nc(C(C)C)n1. The third kappa shape index (κ3) is 4.37. The lowest BCUT2D eigenvalue weighted by molar-refractivity contribution is 0.608. The molecule has 0 amide bonds. The molecular weight excluding hydrogens is 236 g/mol. The van der Waals surface area contributed by atoms with Crippen LogP contribution in [0.15, 0.2) is 6.07 Å². The zero-order valence-electron chi connectivity index (χ0n) is 13.2. The highest BCUT2D eigenvalue weighted by atomic mass is 15.2. The minimum absolute atomic E-state index is 0.340. The van der Waals surface area contributed by atoms with Gasteiger partial charge in [0.25, 0.3) is 0 Å². The summed E-state index contributed by atoms with van der Waals surface area (Å²) in [6, 6.07) is 2.54. The van der Waals surface area contributed by atoms with Crippen molar-refractivity contribution in [3.8, 4) is 0 Å². The van der Waals surface area contributed by atoms with E-state index in [0.717, 1.165) is 24.0 Å². The second kappa shape index (κ2) is 7.31. The smallest absolute Gasteiger partial charge is 0.135 e. The first-order valence-corrected chi connectivity index (χ1v) is 7.35. The van der Waals surface area contributed by atoms with Crippen molar-refractivity contribution < 1.29 is 0 Å². The molecule has 1 aromatic rings. The van der Waals surface area contributed by atoms with E-state index in [0.29, 0.717) is 12.0 Å². The van der Waals surface area contributed by atoms with Crippen LogP contribution in [0.5, 0.6) is 0 Å². The third-order valence-electron chi connectivity index (χ3n) is 3.33. The van der Waals surface area contributed by atoms with E-state index < -0.39 is 0 Å². The molecule has 4 heteroatoms. The Morgan fingerprint density at radius 3 is 2.42 bits per heavy atom. The molecular formula is C15H28N4. The minimum atomic E-state index is 0.340. The van der Waals surface area contributed by atoms with Crippen LogP contribution in [0.1, 0.15) is 59.2 Å². The van der Waals surface area contributed by atoms with Crippen LogP contribution < -0.4 is 10.2 Å². The van der Waals surface area contributed by atoms with Crippen molar-refractivity contribution in [2.45, 2.75) is 59.4 Å². The number of nitrogens with one attached hydrogen (secondary N) is 1. The Balaban J connectivity index is 3.04. The van der Waals surface area contributed by atoms with E-state index in [2.05, 4.69) is 56.9 Å². The van der Waals surface area contributed by atoms with E-state index in [1.807, 2.05) is 6.07 Å². The molecule has 1 aromatic heterocycles. The van der Waals surface area contributed by atoms with Crippen molar-refractivity contribution >= 4 is 11.6 Å². The Bertz CT molecular complexity index is 390. The van der Waals surface area contributed by atoms with Gasteiger partial charge in [0, 0.05) is 31.6 Å². The largest absolute Gasteiger partial charge is 0.370 e. The van der Waals surface area contributed by atoms with E-state index in [4.69, 9.17) is 4.98 Å². The third-order valence-corrected chi connectivity index (χ3v) is 3.33. The molecule has 108 valence electrons. The van der Waals surface area contributed by atoms with Crippen LogP contribution in [0.2, 0.25) is 0 Å². The van der Waals surface area contributed by atoms with Gasteiger partial charge >= 0.3 is 0 Å². The topological polar surface area (TPSA) is 41.0 Å². The van der Waals surface area contributed by atoms with Crippen LogP contribution in [0.4, 0.5) is 11.6 Å². The number of hydrogen-bond acceptors (Lipinski definition) is 4. The number of nitrogens with zero attached hydrogens (tertiary/aromatic N) is 3. The molecule has 0 aliphatic heterocycles. The normalized spacial score (nSPS) is 12.6. The van der Waals surface area contributed by atoms with Gasteiger partial charge in [-0.3, -0.25) is 0 Å². The predicted molar refractivity (Wildman–Crippen MR) is 83.1 cm³/mol. The zero-order valence-corrected chi connectivity index (χ0v) is 13.2. The van der Waals surface area contributed by atoms with Crippen molar-refractivity contribution in [1.29, 1.82) is 0 Å². The number of rotatable bonds is 7. The summed E-state index contributed by atoms with van der Waals surface area (Å²) in [4.78, 5) is 11.5. The lowest BCUT2D eigenvalue weighted by Gasteiger charge is -2.26. The molecule has 0 saturated heterocycles. The van der Waals surface area contributed by atoms with Gasteiger partial charge in [0.05, 0.1) is 0 Å². The number of aromatic nitrogens is 2. The fourth-order valence-electron chi connectivity index (χ4n) is 2.00. The standard InChI is InChI=1S/C15H28N4/c1-7-9-12(5)19(6)14-10-13(16-8-2)17-15(18-14)11(3)4/h10-12H,7-9H2,1-6H3,(H,16,17,18). The van der Waals surface area contributed by atoms with Crippen LogP contribution in [-0.4, -0.2) is 29.6 Å². The van der Waals surface area contributed by atoms with Crippen molar-refractivity contribution in [3.63, 3.8) is 0 Å². The molecule has 1 unspecified atom stereocenters. The monoisotopic (exact) mass is 264 g/mol. The average molecular weight is 264 g/mol. The van der Waals surface area contributed by atoms with Gasteiger partial charge in [-0.2, -0.15) is 0 Å². The first kappa shape index (κ1) is 15.7. The van der Waals surface area contributed by atoms with E-state index in [1.165, 1.54) is 12.8 Å². The summed E-state index contributed by atoms with van der Waals surface area (Å²) in [5, 5.41) is 3.29. The summed E-state index contributed by atoms with van der Waals surface area (Å²) in [7, 11) is 2.11. The van der Waals surface area contributed by atoms with Gasteiger partial charge in [-0.25, -0.2) is 9.97 Å². The highest BCUT2D eigenvalue weighted by Crippen LogP contribution is 2.21. The molecule has 0 radical (unpaired) electrons. The van der Waals surface area contributed by atoms with Crippen molar-refractivity contribution in [1.82, 2.24) is 9.97 Å². The maximum atomic E-state index is 4.69. The Labute approximate surface area is 117 Å². The van der Waals surface area contributed by atoms with Crippen LogP contribution in [0.25, 0.3) is 0 Å². The maximum Gasteiger partial charge on any atom is 0.135 e.